The van der Waals surface area contributed by atoms with Gasteiger partial charge in [0.1, 0.15) is 5.04 Å². The maximum atomic E-state index is 13.1. The van der Waals surface area contributed by atoms with Gasteiger partial charge in [0.2, 0.25) is 0 Å². The number of sulfonamides is 1. The summed E-state index contributed by atoms with van der Waals surface area (Å²) < 4.78 is 27.4. The van der Waals surface area contributed by atoms with Crippen LogP contribution in [-0.2, 0) is 10.0 Å². The van der Waals surface area contributed by atoms with Crippen molar-refractivity contribution < 1.29 is 13.5 Å². The monoisotopic (exact) mass is 473 g/mol. The molecule has 8 nitrogen and oxygen atoms in total. The molecular formula is C22H27N5O3S2. The fourth-order valence-electron chi connectivity index (χ4n) is 3.50. The lowest BCUT2D eigenvalue weighted by atomic mass is 10.1. The topological polar surface area (TPSA) is 111 Å². The second-order valence-electron chi connectivity index (χ2n) is 8.39. The molecule has 1 unspecified atom stereocenters. The number of H-pyrrole nitrogens is 1. The van der Waals surface area contributed by atoms with Gasteiger partial charge < -0.3 is 15.4 Å². The van der Waals surface area contributed by atoms with E-state index in [1.165, 1.54) is 23.6 Å². The van der Waals surface area contributed by atoms with E-state index < -0.39 is 15.6 Å². The van der Waals surface area contributed by atoms with Crippen LogP contribution in [0.3, 0.4) is 0 Å². The molecule has 32 heavy (non-hydrogen) atoms. The van der Waals surface area contributed by atoms with Crippen LogP contribution in [0.2, 0.25) is 0 Å². The minimum Gasteiger partial charge on any atom is -0.389 e. The molecule has 0 aliphatic carbocycles. The number of benzene rings is 1. The normalized spacial score (nSPS) is 17.0. The minimum absolute atomic E-state index is 0.00315. The molecule has 3 heterocycles. The van der Waals surface area contributed by atoms with E-state index in [0.717, 1.165) is 28.2 Å². The van der Waals surface area contributed by atoms with Gasteiger partial charge in [0.05, 0.1) is 29.0 Å². The fourth-order valence-corrected chi connectivity index (χ4v) is 5.69. The highest BCUT2D eigenvalue weighted by molar-refractivity contribution is 8.15. The van der Waals surface area contributed by atoms with Gasteiger partial charge in [0, 0.05) is 37.0 Å². The first-order chi connectivity index (χ1) is 15.1. The second kappa shape index (κ2) is 8.86. The zero-order chi connectivity index (χ0) is 22.9. The number of para-hydroxylation sites is 1. The quantitative estimate of drug-likeness (QED) is 0.464. The van der Waals surface area contributed by atoms with E-state index >= 15 is 0 Å². The maximum absolute atomic E-state index is 13.1. The number of anilines is 1. The number of nitrogens with zero attached hydrogens (tertiary/aromatic N) is 3. The van der Waals surface area contributed by atoms with E-state index in [-0.39, 0.29) is 10.3 Å². The SMILES string of the molecule is CN(c1cccc2cc(C3=NCC(CNCC(C)(C)O)S3)[nH]c12)S(=O)(=O)c1ccccn1. The number of aliphatic imine (C=N–C) groups is 1. The Kier molecular flexibility index (Phi) is 6.30. The Labute approximate surface area is 192 Å². The molecule has 0 spiro atoms. The number of aliphatic hydroxyl groups is 1. The van der Waals surface area contributed by atoms with Crippen LogP contribution in [0.1, 0.15) is 19.5 Å². The first-order valence-corrected chi connectivity index (χ1v) is 12.6. The number of aromatic nitrogens is 2. The summed E-state index contributed by atoms with van der Waals surface area (Å²) in [5, 5.41) is 15.2. The summed E-state index contributed by atoms with van der Waals surface area (Å²) in [7, 11) is -2.25. The van der Waals surface area contributed by atoms with Crippen LogP contribution in [-0.4, -0.2) is 66.1 Å². The van der Waals surface area contributed by atoms with Gasteiger partial charge in [-0.2, -0.15) is 8.42 Å². The van der Waals surface area contributed by atoms with Crippen LogP contribution in [0, 0.1) is 0 Å². The van der Waals surface area contributed by atoms with Crippen molar-refractivity contribution >= 4 is 43.4 Å². The molecule has 4 rings (SSSR count). The lowest BCUT2D eigenvalue weighted by Gasteiger charge is -2.19. The van der Waals surface area contributed by atoms with E-state index in [0.29, 0.717) is 18.8 Å². The summed E-state index contributed by atoms with van der Waals surface area (Å²) in [6.45, 7) is 5.51. The van der Waals surface area contributed by atoms with Gasteiger partial charge in [-0.25, -0.2) is 4.98 Å². The number of aromatic amines is 1. The van der Waals surface area contributed by atoms with Crippen LogP contribution >= 0.6 is 11.8 Å². The first-order valence-electron chi connectivity index (χ1n) is 10.3. The molecule has 0 saturated carbocycles. The molecule has 3 N–H and O–H groups in total. The highest BCUT2D eigenvalue weighted by atomic mass is 32.2. The lowest BCUT2D eigenvalue weighted by molar-refractivity contribution is 0.0801. The van der Waals surface area contributed by atoms with E-state index in [4.69, 9.17) is 0 Å². The Bertz CT molecular complexity index is 1230. The standard InChI is InChI=1S/C22H27N5O3S2/c1-22(2,28)14-23-12-16-13-25-21(31-16)17-11-15-7-6-8-18(20(15)26-17)27(3)32(29,30)19-9-4-5-10-24-19/h4-11,16,23,26,28H,12-14H2,1-3H3. The van der Waals surface area contributed by atoms with Crippen molar-refractivity contribution in [3.05, 3.63) is 54.4 Å². The Morgan fingerprint density at radius 2 is 2.09 bits per heavy atom. The van der Waals surface area contributed by atoms with Gasteiger partial charge in [-0.3, -0.25) is 9.30 Å². The number of hydrogen-bond acceptors (Lipinski definition) is 7. The average molecular weight is 474 g/mol. The summed E-state index contributed by atoms with van der Waals surface area (Å²) >= 11 is 1.68. The third-order valence-electron chi connectivity index (χ3n) is 5.11. The highest BCUT2D eigenvalue weighted by Crippen LogP contribution is 2.32. The van der Waals surface area contributed by atoms with Gasteiger partial charge in [0.15, 0.2) is 5.03 Å². The smallest absolute Gasteiger partial charge is 0.281 e. The van der Waals surface area contributed by atoms with Crippen molar-refractivity contribution in [1.82, 2.24) is 15.3 Å². The number of hydrogen-bond donors (Lipinski definition) is 3. The maximum Gasteiger partial charge on any atom is 0.281 e. The van der Waals surface area contributed by atoms with Crippen LogP contribution in [0.5, 0.6) is 0 Å². The number of fused-ring (bicyclic) bond motifs is 1. The average Bonchev–Trinajstić information content (AvgIpc) is 3.39. The van der Waals surface area contributed by atoms with Gasteiger partial charge in [0.25, 0.3) is 10.0 Å². The zero-order valence-electron chi connectivity index (χ0n) is 18.2. The van der Waals surface area contributed by atoms with Crippen LogP contribution < -0.4 is 9.62 Å². The summed E-state index contributed by atoms with van der Waals surface area (Å²) in [4.78, 5) is 12.1. The highest BCUT2D eigenvalue weighted by Gasteiger charge is 2.26. The lowest BCUT2D eigenvalue weighted by Crippen LogP contribution is -2.38. The Hall–Kier alpha value is -2.40. The molecule has 3 aromatic rings. The van der Waals surface area contributed by atoms with Crippen molar-refractivity contribution in [2.75, 3.05) is 31.0 Å². The third-order valence-corrected chi connectivity index (χ3v) is 8.02. The predicted octanol–water partition coefficient (Wildman–Crippen LogP) is 2.61. The van der Waals surface area contributed by atoms with Crippen molar-refractivity contribution in [2.24, 2.45) is 4.99 Å². The molecule has 1 atom stereocenters. The van der Waals surface area contributed by atoms with Gasteiger partial charge in [-0.15, -0.1) is 0 Å². The number of nitrogens with one attached hydrogen (secondary N) is 2. The van der Waals surface area contributed by atoms with Crippen LogP contribution in [0.4, 0.5) is 5.69 Å². The molecular weight excluding hydrogens is 446 g/mol. The molecule has 10 heteroatoms. The Morgan fingerprint density at radius 3 is 2.81 bits per heavy atom. The second-order valence-corrected chi connectivity index (χ2v) is 11.6. The molecule has 0 amide bonds. The van der Waals surface area contributed by atoms with Crippen molar-refractivity contribution in [2.45, 2.75) is 29.7 Å². The van der Waals surface area contributed by atoms with Gasteiger partial charge in [-0.05, 0) is 38.1 Å². The van der Waals surface area contributed by atoms with E-state index in [1.807, 2.05) is 18.2 Å². The molecule has 0 radical (unpaired) electrons. The fraction of sp³-hybridized carbons (Fsp3) is 0.364. The van der Waals surface area contributed by atoms with E-state index in [1.54, 1.807) is 43.8 Å². The molecule has 0 fully saturated rings. The summed E-state index contributed by atoms with van der Waals surface area (Å²) in [5.74, 6) is 0. The van der Waals surface area contributed by atoms with Crippen molar-refractivity contribution in [3.63, 3.8) is 0 Å². The predicted molar refractivity (Wildman–Crippen MR) is 130 cm³/mol. The van der Waals surface area contributed by atoms with E-state index in [2.05, 4.69) is 20.3 Å². The molecule has 0 saturated heterocycles. The molecule has 0 bridgehead atoms. The summed E-state index contributed by atoms with van der Waals surface area (Å²) in [6, 6.07) is 12.4. The molecule has 1 aliphatic rings. The first kappa shape index (κ1) is 22.8. The Morgan fingerprint density at radius 1 is 1.28 bits per heavy atom. The van der Waals surface area contributed by atoms with Crippen LogP contribution in [0.15, 0.2) is 58.7 Å². The molecule has 2 aromatic heterocycles. The van der Waals surface area contributed by atoms with Crippen molar-refractivity contribution in [1.29, 1.82) is 0 Å². The van der Waals surface area contributed by atoms with Gasteiger partial charge in [-0.1, -0.05) is 30.0 Å². The van der Waals surface area contributed by atoms with E-state index in [9.17, 15) is 13.5 Å². The van der Waals surface area contributed by atoms with Gasteiger partial charge >= 0.3 is 0 Å². The number of pyridine rings is 1. The van der Waals surface area contributed by atoms with Crippen molar-refractivity contribution in [3.8, 4) is 0 Å². The summed E-state index contributed by atoms with van der Waals surface area (Å²) in [6.07, 6.45) is 1.47. The molecule has 1 aromatic carbocycles. The largest absolute Gasteiger partial charge is 0.389 e. The third kappa shape index (κ3) is 4.83. The minimum atomic E-state index is -3.79. The number of rotatable bonds is 8. The molecule has 170 valence electrons. The number of thioether (sulfide) groups is 1. The zero-order valence-corrected chi connectivity index (χ0v) is 19.9. The Balaban J connectivity index is 1.54. The van der Waals surface area contributed by atoms with Crippen LogP contribution in [0.25, 0.3) is 10.9 Å². The molecule has 1 aliphatic heterocycles. The summed E-state index contributed by atoms with van der Waals surface area (Å²) in [5.41, 5.74) is 1.40.